The van der Waals surface area contributed by atoms with Crippen LogP contribution in [0.2, 0.25) is 0 Å². The maximum Gasteiger partial charge on any atom is 0.182 e. The third-order valence-corrected chi connectivity index (χ3v) is 3.90. The molecule has 3 aromatic rings. The lowest BCUT2D eigenvalue weighted by Crippen LogP contribution is -2.04. The van der Waals surface area contributed by atoms with Crippen LogP contribution < -0.4 is 5.32 Å². The number of nitrogens with one attached hydrogen (secondary N) is 1. The number of aryl methyl sites for hydroxylation is 1. The normalized spacial score (nSPS) is 10.9. The van der Waals surface area contributed by atoms with Gasteiger partial charge in [0.15, 0.2) is 5.82 Å². The number of hydrogen-bond donors (Lipinski definition) is 1. The molecule has 0 aliphatic carbocycles. The largest absolute Gasteiger partial charge is 0.369 e. The van der Waals surface area contributed by atoms with Gasteiger partial charge in [0.2, 0.25) is 0 Å². The average Bonchev–Trinajstić information content (AvgIpc) is 2.87. The summed E-state index contributed by atoms with van der Waals surface area (Å²) in [5.74, 6) is 1.43. The molecule has 0 aliphatic rings. The molecule has 1 N–H and O–H groups in total. The molecule has 102 valence electrons. The topological polar surface area (TPSA) is 55.1 Å². The van der Waals surface area contributed by atoms with Crippen LogP contribution in [0.15, 0.2) is 35.1 Å². The Balaban J connectivity index is 2.13. The van der Waals surface area contributed by atoms with Crippen LogP contribution in [-0.4, -0.2) is 25.9 Å². The second-order valence-electron chi connectivity index (χ2n) is 4.42. The SMILES string of the molecule is CCNc1nc(-c2cn3ccccc3n2)nc(C)c1Br. The zero-order valence-electron chi connectivity index (χ0n) is 11.3. The molecule has 3 aromatic heterocycles. The number of fused-ring (bicyclic) bond motifs is 1. The predicted octanol–water partition coefficient (Wildman–Crippen LogP) is 3.29. The second-order valence-corrected chi connectivity index (χ2v) is 5.21. The second kappa shape index (κ2) is 5.20. The van der Waals surface area contributed by atoms with Gasteiger partial charge in [0.1, 0.15) is 17.2 Å². The van der Waals surface area contributed by atoms with Crippen molar-refractivity contribution in [2.24, 2.45) is 0 Å². The van der Waals surface area contributed by atoms with Crippen LogP contribution >= 0.6 is 15.9 Å². The highest BCUT2D eigenvalue weighted by molar-refractivity contribution is 9.10. The molecule has 0 aliphatic heterocycles. The van der Waals surface area contributed by atoms with Crippen molar-refractivity contribution in [3.63, 3.8) is 0 Å². The number of nitrogens with zero attached hydrogens (tertiary/aromatic N) is 4. The summed E-state index contributed by atoms with van der Waals surface area (Å²) in [6, 6.07) is 5.89. The first-order valence-electron chi connectivity index (χ1n) is 6.41. The van der Waals surface area contributed by atoms with Gasteiger partial charge in [-0.1, -0.05) is 6.07 Å². The minimum Gasteiger partial charge on any atom is -0.369 e. The van der Waals surface area contributed by atoms with Crippen LogP contribution in [0, 0.1) is 6.92 Å². The van der Waals surface area contributed by atoms with Crippen molar-refractivity contribution in [3.05, 3.63) is 40.8 Å². The van der Waals surface area contributed by atoms with E-state index in [1.807, 2.05) is 48.8 Å². The smallest absolute Gasteiger partial charge is 0.182 e. The van der Waals surface area contributed by atoms with Gasteiger partial charge in [0, 0.05) is 18.9 Å². The van der Waals surface area contributed by atoms with Crippen molar-refractivity contribution < 1.29 is 0 Å². The van der Waals surface area contributed by atoms with Gasteiger partial charge in [-0.15, -0.1) is 0 Å². The molecular weight excluding hydrogens is 318 g/mol. The van der Waals surface area contributed by atoms with Gasteiger partial charge >= 0.3 is 0 Å². The van der Waals surface area contributed by atoms with E-state index in [9.17, 15) is 0 Å². The lowest BCUT2D eigenvalue weighted by atomic mass is 10.3. The third-order valence-electron chi connectivity index (χ3n) is 2.95. The maximum absolute atomic E-state index is 4.55. The van der Waals surface area contributed by atoms with Crippen LogP contribution in [0.3, 0.4) is 0 Å². The summed E-state index contributed by atoms with van der Waals surface area (Å²) >= 11 is 3.51. The summed E-state index contributed by atoms with van der Waals surface area (Å²) in [4.78, 5) is 13.6. The Morgan fingerprint density at radius 1 is 1.25 bits per heavy atom. The van der Waals surface area contributed by atoms with Crippen LogP contribution in [0.4, 0.5) is 5.82 Å². The molecular formula is C14H14BrN5. The first kappa shape index (κ1) is 13.1. The lowest BCUT2D eigenvalue weighted by Gasteiger charge is -2.08. The third kappa shape index (κ3) is 2.27. The van der Waals surface area contributed by atoms with Crippen LogP contribution in [0.5, 0.6) is 0 Å². The molecule has 0 fully saturated rings. The molecule has 5 nitrogen and oxygen atoms in total. The fourth-order valence-electron chi connectivity index (χ4n) is 2.00. The number of aromatic nitrogens is 4. The van der Waals surface area contributed by atoms with Gasteiger partial charge in [-0.05, 0) is 41.9 Å². The number of imidazole rings is 1. The van der Waals surface area contributed by atoms with Gasteiger partial charge in [-0.25, -0.2) is 15.0 Å². The number of halogens is 1. The van der Waals surface area contributed by atoms with Crippen LogP contribution in [0.25, 0.3) is 17.2 Å². The van der Waals surface area contributed by atoms with E-state index in [1.165, 1.54) is 0 Å². The van der Waals surface area contributed by atoms with Crippen LogP contribution in [0.1, 0.15) is 12.6 Å². The van der Waals surface area contributed by atoms with E-state index in [0.29, 0.717) is 5.82 Å². The summed E-state index contributed by atoms with van der Waals surface area (Å²) in [6.07, 6.45) is 3.90. The van der Waals surface area contributed by atoms with Crippen molar-refractivity contribution in [1.29, 1.82) is 0 Å². The first-order chi connectivity index (χ1) is 9.69. The average molecular weight is 332 g/mol. The minimum absolute atomic E-state index is 0.630. The van der Waals surface area contributed by atoms with E-state index in [0.717, 1.165) is 33.9 Å². The van der Waals surface area contributed by atoms with E-state index in [1.54, 1.807) is 0 Å². The molecule has 3 heterocycles. The first-order valence-corrected chi connectivity index (χ1v) is 7.20. The molecule has 3 rings (SSSR count). The van der Waals surface area contributed by atoms with E-state index in [-0.39, 0.29) is 0 Å². The Morgan fingerprint density at radius 2 is 2.10 bits per heavy atom. The summed E-state index contributed by atoms with van der Waals surface area (Å²) in [5, 5.41) is 3.23. The number of pyridine rings is 1. The lowest BCUT2D eigenvalue weighted by molar-refractivity contribution is 1.06. The zero-order valence-corrected chi connectivity index (χ0v) is 12.8. The van der Waals surface area contributed by atoms with Gasteiger partial charge in [-0.2, -0.15) is 0 Å². The molecule has 0 aromatic carbocycles. The highest BCUT2D eigenvalue weighted by atomic mass is 79.9. The summed E-state index contributed by atoms with van der Waals surface area (Å²) in [5.41, 5.74) is 2.55. The van der Waals surface area contributed by atoms with Crippen molar-refractivity contribution in [3.8, 4) is 11.5 Å². The minimum atomic E-state index is 0.630. The van der Waals surface area contributed by atoms with E-state index >= 15 is 0 Å². The molecule has 0 unspecified atom stereocenters. The molecule has 0 atom stereocenters. The number of anilines is 1. The highest BCUT2D eigenvalue weighted by Crippen LogP contribution is 2.26. The predicted molar refractivity (Wildman–Crippen MR) is 82.8 cm³/mol. The summed E-state index contributed by atoms with van der Waals surface area (Å²) in [7, 11) is 0. The molecule has 0 amide bonds. The number of hydrogen-bond acceptors (Lipinski definition) is 4. The number of rotatable bonds is 3. The van der Waals surface area contributed by atoms with E-state index in [2.05, 4.69) is 36.2 Å². The summed E-state index contributed by atoms with van der Waals surface area (Å²) < 4.78 is 2.86. The summed E-state index contributed by atoms with van der Waals surface area (Å²) in [6.45, 7) is 4.79. The van der Waals surface area contributed by atoms with Gasteiger partial charge < -0.3 is 9.72 Å². The van der Waals surface area contributed by atoms with Gasteiger partial charge in [-0.3, -0.25) is 0 Å². The van der Waals surface area contributed by atoms with Crippen molar-refractivity contribution in [2.45, 2.75) is 13.8 Å². The monoisotopic (exact) mass is 331 g/mol. The molecule has 0 radical (unpaired) electrons. The van der Waals surface area contributed by atoms with Crippen molar-refractivity contribution in [1.82, 2.24) is 19.4 Å². The Morgan fingerprint density at radius 3 is 2.85 bits per heavy atom. The van der Waals surface area contributed by atoms with Crippen molar-refractivity contribution >= 4 is 27.4 Å². The maximum atomic E-state index is 4.55. The van der Waals surface area contributed by atoms with Gasteiger partial charge in [0.25, 0.3) is 0 Å². The van der Waals surface area contributed by atoms with Gasteiger partial charge in [0.05, 0.1) is 10.2 Å². The fourth-order valence-corrected chi connectivity index (χ4v) is 2.32. The van der Waals surface area contributed by atoms with E-state index in [4.69, 9.17) is 0 Å². The Labute approximate surface area is 125 Å². The Hall–Kier alpha value is -1.95. The molecule has 0 spiro atoms. The highest BCUT2D eigenvalue weighted by Gasteiger charge is 2.12. The molecule has 6 heteroatoms. The molecule has 0 saturated heterocycles. The standard InChI is InChI=1S/C14H14BrN5/c1-3-16-14-12(15)9(2)17-13(19-14)10-8-20-7-5-4-6-11(20)18-10/h4-8H,3H2,1-2H3,(H,16,17,19). The molecule has 20 heavy (non-hydrogen) atoms. The van der Waals surface area contributed by atoms with E-state index < -0.39 is 0 Å². The quantitative estimate of drug-likeness (QED) is 0.800. The van der Waals surface area contributed by atoms with Crippen LogP contribution in [-0.2, 0) is 0 Å². The van der Waals surface area contributed by atoms with Crippen molar-refractivity contribution in [2.75, 3.05) is 11.9 Å². The Kier molecular flexibility index (Phi) is 3.40. The fraction of sp³-hybridized carbons (Fsp3) is 0.214. The molecule has 0 bridgehead atoms. The molecule has 0 saturated carbocycles. The Bertz CT molecular complexity index is 732. The zero-order chi connectivity index (χ0) is 14.1.